The number of halogens is 2. The van der Waals surface area contributed by atoms with Crippen LogP contribution in [-0.4, -0.2) is 9.78 Å². The zero-order chi connectivity index (χ0) is 20.7. The minimum atomic E-state index is -0.283. The molecule has 0 fully saturated rings. The van der Waals surface area contributed by atoms with Gasteiger partial charge in [-0.3, -0.25) is 0 Å². The summed E-state index contributed by atoms with van der Waals surface area (Å²) in [6, 6.07) is 18.8. The molecule has 4 heteroatoms. The number of hydrogen-bond acceptors (Lipinski definition) is 1. The third kappa shape index (κ3) is 3.58. The van der Waals surface area contributed by atoms with Crippen LogP contribution in [0.1, 0.15) is 22.3 Å². The molecule has 0 saturated heterocycles. The Labute approximate surface area is 175 Å². The lowest BCUT2D eigenvalue weighted by Gasteiger charge is -2.10. The highest BCUT2D eigenvalue weighted by atomic mass is 35.5. The Kier molecular flexibility index (Phi) is 5.01. The number of aryl methyl sites for hydroxylation is 4. The second kappa shape index (κ2) is 7.49. The van der Waals surface area contributed by atoms with Crippen molar-refractivity contribution in [3.05, 3.63) is 93.8 Å². The van der Waals surface area contributed by atoms with Gasteiger partial charge in [-0.2, -0.15) is 5.10 Å². The summed E-state index contributed by atoms with van der Waals surface area (Å²) in [4.78, 5) is 0. The molecule has 146 valence electrons. The molecule has 0 bridgehead atoms. The summed E-state index contributed by atoms with van der Waals surface area (Å²) in [7, 11) is 0. The van der Waals surface area contributed by atoms with Gasteiger partial charge in [-0.05, 0) is 86.3 Å². The van der Waals surface area contributed by atoms with Crippen molar-refractivity contribution < 1.29 is 4.39 Å². The molecule has 4 aromatic rings. The van der Waals surface area contributed by atoms with Crippen molar-refractivity contribution in [2.24, 2.45) is 0 Å². The highest BCUT2D eigenvalue weighted by Gasteiger charge is 2.21. The minimum absolute atomic E-state index is 0.283. The smallest absolute Gasteiger partial charge is 0.123 e. The molecular weight excluding hydrogens is 383 g/mol. The Hall–Kier alpha value is -2.91. The molecule has 0 aliphatic heterocycles. The van der Waals surface area contributed by atoms with Crippen LogP contribution in [0.2, 0.25) is 5.02 Å². The fourth-order valence-corrected chi connectivity index (χ4v) is 3.72. The first-order valence-corrected chi connectivity index (χ1v) is 9.92. The van der Waals surface area contributed by atoms with Crippen molar-refractivity contribution in [1.29, 1.82) is 0 Å². The fraction of sp³-hybridized carbons (Fsp3) is 0.160. The van der Waals surface area contributed by atoms with Crippen LogP contribution in [0, 0.1) is 33.5 Å². The molecule has 3 aromatic carbocycles. The molecule has 0 unspecified atom stereocenters. The summed E-state index contributed by atoms with van der Waals surface area (Å²) >= 11 is 6.91. The molecule has 2 nitrogen and oxygen atoms in total. The van der Waals surface area contributed by atoms with E-state index in [9.17, 15) is 4.39 Å². The summed E-state index contributed by atoms with van der Waals surface area (Å²) in [6.45, 7) is 8.32. The first-order valence-electron chi connectivity index (χ1n) is 9.55. The maximum absolute atomic E-state index is 13.5. The molecule has 0 aliphatic carbocycles. The average Bonchev–Trinajstić information content (AvgIpc) is 3.04. The van der Waals surface area contributed by atoms with Crippen LogP contribution in [0.4, 0.5) is 4.39 Å². The monoisotopic (exact) mass is 404 g/mol. The van der Waals surface area contributed by atoms with Gasteiger partial charge in [0.25, 0.3) is 0 Å². The van der Waals surface area contributed by atoms with Gasteiger partial charge < -0.3 is 0 Å². The van der Waals surface area contributed by atoms with Crippen LogP contribution in [0.15, 0.2) is 60.7 Å². The van der Waals surface area contributed by atoms with Gasteiger partial charge in [0.15, 0.2) is 0 Å². The highest BCUT2D eigenvalue weighted by molar-refractivity contribution is 6.35. The molecule has 0 radical (unpaired) electrons. The van der Waals surface area contributed by atoms with Crippen LogP contribution >= 0.6 is 11.6 Å². The Morgan fingerprint density at radius 1 is 0.724 bits per heavy atom. The second-order valence-electron chi connectivity index (χ2n) is 7.50. The van der Waals surface area contributed by atoms with E-state index in [1.165, 1.54) is 34.4 Å². The molecule has 0 saturated carbocycles. The lowest BCUT2D eigenvalue weighted by atomic mass is 10.0. The summed E-state index contributed by atoms with van der Waals surface area (Å²) in [6.07, 6.45) is 0. The number of rotatable bonds is 3. The predicted molar refractivity (Wildman–Crippen MR) is 118 cm³/mol. The van der Waals surface area contributed by atoms with Gasteiger partial charge >= 0.3 is 0 Å². The molecule has 0 N–H and O–H groups in total. The van der Waals surface area contributed by atoms with Gasteiger partial charge in [0.2, 0.25) is 0 Å². The number of benzene rings is 3. The van der Waals surface area contributed by atoms with Gasteiger partial charge in [0.1, 0.15) is 11.5 Å². The highest BCUT2D eigenvalue weighted by Crippen LogP contribution is 2.39. The average molecular weight is 405 g/mol. The molecule has 0 spiro atoms. The third-order valence-electron chi connectivity index (χ3n) is 5.46. The van der Waals surface area contributed by atoms with Crippen molar-refractivity contribution in [2.75, 3.05) is 0 Å². The van der Waals surface area contributed by atoms with Crippen LogP contribution in [0.3, 0.4) is 0 Å². The first-order chi connectivity index (χ1) is 13.8. The van der Waals surface area contributed by atoms with Gasteiger partial charge in [-0.15, -0.1) is 0 Å². The molecular formula is C25H22ClFN2. The zero-order valence-corrected chi connectivity index (χ0v) is 17.7. The van der Waals surface area contributed by atoms with Crippen LogP contribution in [0.25, 0.3) is 28.2 Å². The van der Waals surface area contributed by atoms with Crippen LogP contribution < -0.4 is 0 Å². The van der Waals surface area contributed by atoms with Crippen molar-refractivity contribution >= 4 is 11.6 Å². The van der Waals surface area contributed by atoms with Crippen molar-refractivity contribution in [3.63, 3.8) is 0 Å². The molecule has 29 heavy (non-hydrogen) atoms. The van der Waals surface area contributed by atoms with E-state index in [0.717, 1.165) is 22.5 Å². The predicted octanol–water partition coefficient (Wildman–Crippen LogP) is 7.23. The van der Waals surface area contributed by atoms with E-state index in [1.54, 1.807) is 16.8 Å². The lowest BCUT2D eigenvalue weighted by molar-refractivity contribution is 0.627. The Morgan fingerprint density at radius 2 is 1.28 bits per heavy atom. The first kappa shape index (κ1) is 19.4. The van der Waals surface area contributed by atoms with Crippen LogP contribution in [-0.2, 0) is 0 Å². The SMILES string of the molecule is Cc1ccc(-c2nn(-c3ccc(F)cc3)c(-c3ccc(C)c(C)c3)c2Cl)cc1C. The number of hydrogen-bond donors (Lipinski definition) is 0. The van der Waals surface area contributed by atoms with Gasteiger partial charge in [0.05, 0.1) is 16.4 Å². The zero-order valence-electron chi connectivity index (χ0n) is 16.9. The second-order valence-corrected chi connectivity index (χ2v) is 7.88. The van der Waals surface area contributed by atoms with E-state index >= 15 is 0 Å². The van der Waals surface area contributed by atoms with E-state index in [1.807, 2.05) is 6.07 Å². The Morgan fingerprint density at radius 3 is 1.86 bits per heavy atom. The van der Waals surface area contributed by atoms with E-state index in [4.69, 9.17) is 16.7 Å². The van der Waals surface area contributed by atoms with Crippen molar-refractivity contribution in [3.8, 4) is 28.2 Å². The topological polar surface area (TPSA) is 17.8 Å². The van der Waals surface area contributed by atoms with E-state index < -0.39 is 0 Å². The normalized spacial score (nSPS) is 11.1. The fourth-order valence-electron chi connectivity index (χ4n) is 3.38. The standard InChI is InChI=1S/C25H22ClFN2/c1-15-5-7-19(13-17(15)3)24-23(26)25(20-8-6-16(2)18(4)14-20)29(28-24)22-11-9-21(27)10-12-22/h5-14H,1-4H3. The third-order valence-corrected chi connectivity index (χ3v) is 5.82. The molecule has 1 heterocycles. The maximum atomic E-state index is 13.5. The molecule has 0 amide bonds. The van der Waals surface area contributed by atoms with E-state index in [2.05, 4.69) is 58.0 Å². The number of aromatic nitrogens is 2. The Balaban J connectivity index is 1.98. The molecule has 4 rings (SSSR count). The van der Waals surface area contributed by atoms with Crippen LogP contribution in [0.5, 0.6) is 0 Å². The van der Waals surface area contributed by atoms with Gasteiger partial charge in [-0.25, -0.2) is 9.07 Å². The lowest BCUT2D eigenvalue weighted by Crippen LogP contribution is -2.00. The van der Waals surface area contributed by atoms with Gasteiger partial charge in [0, 0.05) is 11.1 Å². The summed E-state index contributed by atoms with van der Waals surface area (Å²) in [5, 5.41) is 5.43. The van der Waals surface area contributed by atoms with Crippen molar-refractivity contribution in [2.45, 2.75) is 27.7 Å². The quantitative estimate of drug-likeness (QED) is 0.352. The summed E-state index contributed by atoms with van der Waals surface area (Å²) in [5.41, 5.74) is 9.01. The van der Waals surface area contributed by atoms with E-state index in [-0.39, 0.29) is 5.82 Å². The largest absolute Gasteiger partial charge is 0.231 e. The maximum Gasteiger partial charge on any atom is 0.123 e. The van der Waals surface area contributed by atoms with E-state index in [0.29, 0.717) is 10.7 Å². The number of nitrogens with zero attached hydrogens (tertiary/aromatic N) is 2. The Bertz CT molecular complexity index is 1210. The summed E-state index contributed by atoms with van der Waals surface area (Å²) < 4.78 is 15.3. The van der Waals surface area contributed by atoms with Gasteiger partial charge in [-0.1, -0.05) is 35.9 Å². The van der Waals surface area contributed by atoms with Crippen molar-refractivity contribution in [1.82, 2.24) is 9.78 Å². The molecule has 0 atom stereocenters. The molecule has 1 aromatic heterocycles. The molecule has 0 aliphatic rings. The summed E-state index contributed by atoms with van der Waals surface area (Å²) in [5.74, 6) is -0.283. The minimum Gasteiger partial charge on any atom is -0.231 e.